The lowest BCUT2D eigenvalue weighted by Gasteiger charge is -2.41. The second-order valence-electron chi connectivity index (χ2n) is 6.72. The second kappa shape index (κ2) is 5.32. The zero-order valence-corrected chi connectivity index (χ0v) is 13.4. The van der Waals surface area contributed by atoms with Crippen LogP contribution in [0, 0.1) is 12.3 Å². The first-order chi connectivity index (χ1) is 9.33. The Morgan fingerprint density at radius 3 is 2.25 bits per heavy atom. The summed E-state index contributed by atoms with van der Waals surface area (Å²) in [5.41, 5.74) is 8.12. The number of aryl methyl sites for hydroxylation is 1. The first-order valence-electron chi connectivity index (χ1n) is 7.52. The predicted molar refractivity (Wildman–Crippen MR) is 81.5 cm³/mol. The van der Waals surface area contributed by atoms with Gasteiger partial charge in [0.25, 0.3) is 0 Å². The summed E-state index contributed by atoms with van der Waals surface area (Å²) in [6.07, 6.45) is 5.04. The molecule has 0 saturated heterocycles. The minimum atomic E-state index is -0.360. The van der Waals surface area contributed by atoms with Crippen LogP contribution in [-0.2, 0) is 16.8 Å². The fraction of sp³-hybridized carbons (Fsp3) is 0.750. The Bertz CT molecular complexity index is 487. The van der Waals surface area contributed by atoms with Gasteiger partial charge in [0.1, 0.15) is 11.4 Å². The Balaban J connectivity index is 2.40. The smallest absolute Gasteiger partial charge is 0.162 e. The largest absolute Gasteiger partial charge is 0.383 e. The highest BCUT2D eigenvalue weighted by Crippen LogP contribution is 2.46. The normalized spacial score (nSPS) is 20.9. The van der Waals surface area contributed by atoms with Crippen LogP contribution < -0.4 is 5.73 Å². The monoisotopic (exact) mass is 277 g/mol. The predicted octanol–water partition coefficient (Wildman–Crippen LogP) is 3.37. The third kappa shape index (κ3) is 2.66. The lowest BCUT2D eigenvalue weighted by Crippen LogP contribution is -2.38. The Morgan fingerprint density at radius 1 is 1.15 bits per heavy atom. The highest BCUT2D eigenvalue weighted by Gasteiger charge is 2.42. The van der Waals surface area contributed by atoms with Gasteiger partial charge in [-0.15, -0.1) is 0 Å². The van der Waals surface area contributed by atoms with Gasteiger partial charge in [0.05, 0.1) is 0 Å². The summed E-state index contributed by atoms with van der Waals surface area (Å²) in [6, 6.07) is 0. The van der Waals surface area contributed by atoms with Crippen molar-refractivity contribution in [3.63, 3.8) is 0 Å². The van der Waals surface area contributed by atoms with Crippen LogP contribution >= 0.6 is 0 Å². The number of nitrogens with zero attached hydrogens (tertiary/aromatic N) is 2. The van der Waals surface area contributed by atoms with Crippen molar-refractivity contribution in [1.29, 1.82) is 0 Å². The number of nitrogen functional groups attached to an aromatic ring is 1. The fourth-order valence-corrected chi connectivity index (χ4v) is 2.98. The van der Waals surface area contributed by atoms with Crippen LogP contribution in [0.2, 0.25) is 0 Å². The van der Waals surface area contributed by atoms with Gasteiger partial charge in [-0.25, -0.2) is 9.97 Å². The van der Waals surface area contributed by atoms with E-state index in [0.29, 0.717) is 11.2 Å². The maximum Gasteiger partial charge on any atom is 0.162 e. The molecule has 2 rings (SSSR count). The number of hydrogen-bond acceptors (Lipinski definition) is 4. The molecule has 0 atom stereocenters. The molecule has 1 fully saturated rings. The summed E-state index contributed by atoms with van der Waals surface area (Å²) >= 11 is 0. The molecule has 0 amide bonds. The lowest BCUT2D eigenvalue weighted by atomic mass is 9.70. The molecule has 4 heteroatoms. The Kier molecular flexibility index (Phi) is 4.05. The van der Waals surface area contributed by atoms with Crippen LogP contribution in [0.4, 0.5) is 5.82 Å². The molecule has 4 nitrogen and oxygen atoms in total. The summed E-state index contributed by atoms with van der Waals surface area (Å²) in [6.45, 7) is 8.71. The van der Waals surface area contributed by atoms with Gasteiger partial charge >= 0.3 is 0 Å². The van der Waals surface area contributed by atoms with Gasteiger partial charge in [0, 0.05) is 18.4 Å². The summed E-state index contributed by atoms with van der Waals surface area (Å²) in [4.78, 5) is 9.29. The van der Waals surface area contributed by atoms with Crippen molar-refractivity contribution in [3.8, 4) is 0 Å². The van der Waals surface area contributed by atoms with Gasteiger partial charge in [0.2, 0.25) is 0 Å². The quantitative estimate of drug-likeness (QED) is 0.920. The number of anilines is 1. The third-order valence-electron chi connectivity index (χ3n) is 4.83. The van der Waals surface area contributed by atoms with Gasteiger partial charge in [-0.3, -0.25) is 0 Å². The molecule has 112 valence electrons. The summed E-state index contributed by atoms with van der Waals surface area (Å²) in [7, 11) is 1.77. The van der Waals surface area contributed by atoms with Crippen LogP contribution in [-0.4, -0.2) is 17.1 Å². The number of nitrogens with two attached hydrogens (primary N) is 1. The molecule has 0 unspecified atom stereocenters. The molecule has 0 bridgehead atoms. The third-order valence-corrected chi connectivity index (χ3v) is 4.83. The molecule has 1 aromatic rings. The maximum absolute atomic E-state index is 6.06. The Labute approximate surface area is 122 Å². The summed E-state index contributed by atoms with van der Waals surface area (Å²) < 4.78 is 5.87. The average molecular weight is 277 g/mol. The van der Waals surface area contributed by atoms with Crippen molar-refractivity contribution >= 4 is 5.82 Å². The molecular weight excluding hydrogens is 250 g/mol. The zero-order chi connectivity index (χ0) is 15.0. The Hall–Kier alpha value is -1.16. The van der Waals surface area contributed by atoms with Crippen molar-refractivity contribution in [1.82, 2.24) is 9.97 Å². The number of methoxy groups -OCH3 is 1. The molecule has 1 aromatic heterocycles. The number of rotatable bonds is 3. The Morgan fingerprint density at radius 2 is 1.75 bits per heavy atom. The van der Waals surface area contributed by atoms with E-state index in [1.165, 1.54) is 0 Å². The summed E-state index contributed by atoms with van der Waals surface area (Å²) in [5, 5.41) is 0. The van der Waals surface area contributed by atoms with E-state index in [0.717, 1.165) is 49.2 Å². The van der Waals surface area contributed by atoms with Crippen molar-refractivity contribution in [2.45, 2.75) is 65.4 Å². The van der Waals surface area contributed by atoms with Gasteiger partial charge in [-0.2, -0.15) is 0 Å². The molecule has 0 spiro atoms. The van der Waals surface area contributed by atoms with Gasteiger partial charge in [-0.05, 0) is 44.4 Å². The lowest BCUT2D eigenvalue weighted by molar-refractivity contribution is -0.0729. The van der Waals surface area contributed by atoms with Gasteiger partial charge in [0.15, 0.2) is 5.82 Å². The molecule has 20 heavy (non-hydrogen) atoms. The minimum absolute atomic E-state index is 0.360. The zero-order valence-electron chi connectivity index (χ0n) is 13.4. The van der Waals surface area contributed by atoms with E-state index >= 15 is 0 Å². The van der Waals surface area contributed by atoms with E-state index in [1.54, 1.807) is 7.11 Å². The van der Waals surface area contributed by atoms with Crippen molar-refractivity contribution < 1.29 is 4.74 Å². The van der Waals surface area contributed by atoms with E-state index in [-0.39, 0.29) is 5.60 Å². The van der Waals surface area contributed by atoms with Crippen molar-refractivity contribution in [2.24, 2.45) is 5.41 Å². The number of ether oxygens (including phenoxy) is 1. The van der Waals surface area contributed by atoms with Crippen LogP contribution in [0.3, 0.4) is 0 Å². The molecule has 0 aromatic carbocycles. The first kappa shape index (κ1) is 15.2. The van der Waals surface area contributed by atoms with Crippen LogP contribution in [0.15, 0.2) is 0 Å². The molecule has 1 heterocycles. The number of hydrogen-bond donors (Lipinski definition) is 1. The van der Waals surface area contributed by atoms with Crippen molar-refractivity contribution in [2.75, 3.05) is 12.8 Å². The maximum atomic E-state index is 6.06. The average Bonchev–Trinajstić information content (AvgIpc) is 2.42. The standard InChI is InChI=1S/C16H27N3O/c1-6-12-11(2)13(17)19-14(18-12)16(20-5)9-7-15(3,4)8-10-16/h6-10H2,1-5H3,(H2,17,18,19). The molecule has 2 N–H and O–H groups in total. The van der Waals surface area contributed by atoms with E-state index in [9.17, 15) is 0 Å². The van der Waals surface area contributed by atoms with Crippen molar-refractivity contribution in [3.05, 3.63) is 17.1 Å². The van der Waals surface area contributed by atoms with Crippen LogP contribution in [0.5, 0.6) is 0 Å². The molecule has 0 radical (unpaired) electrons. The van der Waals surface area contributed by atoms with E-state index in [1.807, 2.05) is 6.92 Å². The molecule has 0 aliphatic heterocycles. The highest BCUT2D eigenvalue weighted by molar-refractivity contribution is 5.41. The fourth-order valence-electron chi connectivity index (χ4n) is 2.98. The van der Waals surface area contributed by atoms with E-state index < -0.39 is 0 Å². The molecule has 1 aliphatic carbocycles. The van der Waals surface area contributed by atoms with Crippen LogP contribution in [0.1, 0.15) is 63.5 Å². The first-order valence-corrected chi connectivity index (χ1v) is 7.52. The SMILES string of the molecule is CCc1nc(C2(OC)CCC(C)(C)CC2)nc(N)c1C. The highest BCUT2D eigenvalue weighted by atomic mass is 16.5. The topological polar surface area (TPSA) is 61.0 Å². The molecule has 1 saturated carbocycles. The van der Waals surface area contributed by atoms with E-state index in [2.05, 4.69) is 25.8 Å². The van der Waals surface area contributed by atoms with Gasteiger partial charge < -0.3 is 10.5 Å². The van der Waals surface area contributed by atoms with Crippen LogP contribution in [0.25, 0.3) is 0 Å². The molecule has 1 aliphatic rings. The summed E-state index contributed by atoms with van der Waals surface area (Å²) in [5.74, 6) is 1.36. The second-order valence-corrected chi connectivity index (χ2v) is 6.72. The molecular formula is C16H27N3O. The van der Waals surface area contributed by atoms with Gasteiger partial charge in [-0.1, -0.05) is 20.8 Å². The number of aromatic nitrogens is 2. The van der Waals surface area contributed by atoms with E-state index in [4.69, 9.17) is 15.5 Å². The minimum Gasteiger partial charge on any atom is -0.383 e.